The van der Waals surface area contributed by atoms with Crippen LogP contribution in [0.5, 0.6) is 5.75 Å². The first-order chi connectivity index (χ1) is 7.79. The molecule has 0 radical (unpaired) electrons. The lowest BCUT2D eigenvalue weighted by Crippen LogP contribution is -1.90. The molecule has 0 unspecified atom stereocenters. The van der Waals surface area contributed by atoms with E-state index in [0.717, 1.165) is 16.3 Å². The molecule has 0 saturated carbocycles. The lowest BCUT2D eigenvalue weighted by Gasteiger charge is -2.05. The molecule has 0 saturated heterocycles. The molecule has 0 aromatic heterocycles. The number of ether oxygens (including phenoxy) is 1. The first-order valence-electron chi connectivity index (χ1n) is 5.28. The Bertz CT molecular complexity index is 445. The molecule has 1 nitrogen and oxygen atoms in total. The van der Waals surface area contributed by atoms with E-state index in [1.807, 2.05) is 55.5 Å². The maximum Gasteiger partial charge on any atom is 0.119 e. The SMILES string of the molecule is CCOc1ccc(-c2ccc(Cl)cc2)cc1. The summed E-state index contributed by atoms with van der Waals surface area (Å²) < 4.78 is 5.39. The van der Waals surface area contributed by atoms with Crippen molar-refractivity contribution in [1.29, 1.82) is 0 Å². The van der Waals surface area contributed by atoms with Gasteiger partial charge in [0.05, 0.1) is 6.61 Å². The van der Waals surface area contributed by atoms with Gasteiger partial charge in [0.2, 0.25) is 0 Å². The third-order valence-corrected chi connectivity index (χ3v) is 2.59. The summed E-state index contributed by atoms with van der Waals surface area (Å²) in [7, 11) is 0. The Morgan fingerprint density at radius 2 is 1.38 bits per heavy atom. The Morgan fingerprint density at radius 3 is 1.88 bits per heavy atom. The topological polar surface area (TPSA) is 9.23 Å². The monoisotopic (exact) mass is 232 g/mol. The van der Waals surface area contributed by atoms with E-state index < -0.39 is 0 Å². The van der Waals surface area contributed by atoms with E-state index in [2.05, 4.69) is 0 Å². The van der Waals surface area contributed by atoms with Crippen molar-refractivity contribution in [2.24, 2.45) is 0 Å². The summed E-state index contributed by atoms with van der Waals surface area (Å²) >= 11 is 5.85. The van der Waals surface area contributed by atoms with Crippen LogP contribution >= 0.6 is 11.6 Å². The summed E-state index contributed by atoms with van der Waals surface area (Å²) in [6.45, 7) is 2.67. The molecule has 0 N–H and O–H groups in total. The van der Waals surface area contributed by atoms with Gasteiger partial charge in [0, 0.05) is 5.02 Å². The van der Waals surface area contributed by atoms with Crippen LogP contribution in [0, 0.1) is 0 Å². The van der Waals surface area contributed by atoms with Crippen molar-refractivity contribution < 1.29 is 4.74 Å². The number of hydrogen-bond acceptors (Lipinski definition) is 1. The Kier molecular flexibility index (Phi) is 3.47. The van der Waals surface area contributed by atoms with E-state index >= 15 is 0 Å². The summed E-state index contributed by atoms with van der Waals surface area (Å²) in [6.07, 6.45) is 0. The number of rotatable bonds is 3. The molecule has 0 amide bonds. The van der Waals surface area contributed by atoms with Gasteiger partial charge in [-0.05, 0) is 42.3 Å². The van der Waals surface area contributed by atoms with Gasteiger partial charge in [-0.25, -0.2) is 0 Å². The first kappa shape index (κ1) is 11.0. The highest BCUT2D eigenvalue weighted by Gasteiger charge is 1.98. The predicted octanol–water partition coefficient (Wildman–Crippen LogP) is 4.41. The highest BCUT2D eigenvalue weighted by atomic mass is 35.5. The molecule has 0 aliphatic rings. The quantitative estimate of drug-likeness (QED) is 0.762. The highest BCUT2D eigenvalue weighted by Crippen LogP contribution is 2.23. The molecule has 0 bridgehead atoms. The van der Waals surface area contributed by atoms with Crippen LogP contribution in [0.15, 0.2) is 48.5 Å². The van der Waals surface area contributed by atoms with Gasteiger partial charge in [-0.15, -0.1) is 0 Å². The Hall–Kier alpha value is -1.47. The minimum absolute atomic E-state index is 0.695. The largest absolute Gasteiger partial charge is 0.494 e. The molecule has 0 aliphatic carbocycles. The van der Waals surface area contributed by atoms with E-state index in [4.69, 9.17) is 16.3 Å². The van der Waals surface area contributed by atoms with Crippen LogP contribution in [0.4, 0.5) is 0 Å². The standard InChI is InChI=1S/C14H13ClO/c1-2-16-14-9-5-12(6-10-14)11-3-7-13(15)8-4-11/h3-10H,2H2,1H3. The van der Waals surface area contributed by atoms with Crippen LogP contribution in [0.1, 0.15) is 6.92 Å². The molecule has 0 spiro atoms. The van der Waals surface area contributed by atoms with E-state index in [1.54, 1.807) is 0 Å². The summed E-state index contributed by atoms with van der Waals surface area (Å²) in [6, 6.07) is 15.9. The molecule has 2 aromatic carbocycles. The summed E-state index contributed by atoms with van der Waals surface area (Å²) in [4.78, 5) is 0. The zero-order chi connectivity index (χ0) is 11.4. The molecule has 16 heavy (non-hydrogen) atoms. The average Bonchev–Trinajstić information content (AvgIpc) is 2.32. The number of benzene rings is 2. The van der Waals surface area contributed by atoms with E-state index in [0.29, 0.717) is 6.61 Å². The van der Waals surface area contributed by atoms with E-state index in [9.17, 15) is 0 Å². The van der Waals surface area contributed by atoms with Crippen LogP contribution in [-0.2, 0) is 0 Å². The first-order valence-corrected chi connectivity index (χ1v) is 5.66. The van der Waals surface area contributed by atoms with E-state index in [1.165, 1.54) is 5.56 Å². The molecular weight excluding hydrogens is 220 g/mol. The predicted molar refractivity (Wildman–Crippen MR) is 68.1 cm³/mol. The zero-order valence-electron chi connectivity index (χ0n) is 9.11. The molecule has 2 heteroatoms. The van der Waals surface area contributed by atoms with Gasteiger partial charge in [0.15, 0.2) is 0 Å². The van der Waals surface area contributed by atoms with Crippen molar-refractivity contribution in [3.05, 3.63) is 53.6 Å². The van der Waals surface area contributed by atoms with Gasteiger partial charge in [-0.1, -0.05) is 35.9 Å². The number of halogens is 1. The third kappa shape index (κ3) is 2.56. The van der Waals surface area contributed by atoms with Crippen LogP contribution < -0.4 is 4.74 Å². The maximum absolute atomic E-state index is 5.85. The minimum atomic E-state index is 0.695. The second-order valence-electron chi connectivity index (χ2n) is 3.46. The van der Waals surface area contributed by atoms with Crippen molar-refractivity contribution in [1.82, 2.24) is 0 Å². The molecule has 82 valence electrons. The molecule has 2 rings (SSSR count). The van der Waals surface area contributed by atoms with Crippen molar-refractivity contribution in [2.75, 3.05) is 6.61 Å². The van der Waals surface area contributed by atoms with Gasteiger partial charge in [-0.3, -0.25) is 0 Å². The Balaban J connectivity index is 2.24. The van der Waals surface area contributed by atoms with Crippen LogP contribution in [0.2, 0.25) is 5.02 Å². The second kappa shape index (κ2) is 5.04. The second-order valence-corrected chi connectivity index (χ2v) is 3.90. The Morgan fingerprint density at radius 1 is 0.875 bits per heavy atom. The summed E-state index contributed by atoms with van der Waals surface area (Å²) in [5.74, 6) is 0.903. The fraction of sp³-hybridized carbons (Fsp3) is 0.143. The molecule has 0 fully saturated rings. The maximum atomic E-state index is 5.85. The molecule has 2 aromatic rings. The third-order valence-electron chi connectivity index (χ3n) is 2.34. The fourth-order valence-corrected chi connectivity index (χ4v) is 1.68. The highest BCUT2D eigenvalue weighted by molar-refractivity contribution is 6.30. The molecule has 0 aliphatic heterocycles. The van der Waals surface area contributed by atoms with Crippen LogP contribution in [0.3, 0.4) is 0 Å². The van der Waals surface area contributed by atoms with Gasteiger partial charge in [0.1, 0.15) is 5.75 Å². The van der Waals surface area contributed by atoms with Gasteiger partial charge in [-0.2, -0.15) is 0 Å². The van der Waals surface area contributed by atoms with Gasteiger partial charge < -0.3 is 4.74 Å². The van der Waals surface area contributed by atoms with Crippen molar-refractivity contribution in [3.63, 3.8) is 0 Å². The fourth-order valence-electron chi connectivity index (χ4n) is 1.55. The molecular formula is C14H13ClO. The van der Waals surface area contributed by atoms with E-state index in [-0.39, 0.29) is 0 Å². The molecule has 0 heterocycles. The lowest BCUT2D eigenvalue weighted by atomic mass is 10.1. The lowest BCUT2D eigenvalue weighted by molar-refractivity contribution is 0.340. The molecule has 0 atom stereocenters. The van der Waals surface area contributed by atoms with Gasteiger partial charge in [0.25, 0.3) is 0 Å². The number of hydrogen-bond donors (Lipinski definition) is 0. The van der Waals surface area contributed by atoms with Crippen LogP contribution in [-0.4, -0.2) is 6.61 Å². The zero-order valence-corrected chi connectivity index (χ0v) is 9.87. The normalized spacial score (nSPS) is 10.1. The van der Waals surface area contributed by atoms with Crippen LogP contribution in [0.25, 0.3) is 11.1 Å². The average molecular weight is 233 g/mol. The minimum Gasteiger partial charge on any atom is -0.494 e. The smallest absolute Gasteiger partial charge is 0.119 e. The van der Waals surface area contributed by atoms with Gasteiger partial charge >= 0.3 is 0 Å². The summed E-state index contributed by atoms with van der Waals surface area (Å²) in [5, 5.41) is 0.759. The van der Waals surface area contributed by atoms with Crippen molar-refractivity contribution in [2.45, 2.75) is 6.92 Å². The summed E-state index contributed by atoms with van der Waals surface area (Å²) in [5.41, 5.74) is 2.33. The Labute approximate surface area is 101 Å². The van der Waals surface area contributed by atoms with Crippen molar-refractivity contribution >= 4 is 11.6 Å². The van der Waals surface area contributed by atoms with Crippen molar-refractivity contribution in [3.8, 4) is 16.9 Å².